The molecule has 0 radical (unpaired) electrons. The third kappa shape index (κ3) is 7.95. The van der Waals surface area contributed by atoms with Gasteiger partial charge >= 0.3 is 258 Å². The molecule has 0 aliphatic rings. The van der Waals surface area contributed by atoms with Crippen LogP contribution >= 0.6 is 22.7 Å². The van der Waals surface area contributed by atoms with Crippen LogP contribution in [-0.2, 0) is 0 Å². The van der Waals surface area contributed by atoms with E-state index in [1.807, 2.05) is 47.2 Å². The van der Waals surface area contributed by atoms with Gasteiger partial charge in [-0.3, -0.25) is 0 Å². The number of phenolic OH excluding ortho intramolecular Hbond substituents is 2. The third-order valence-corrected chi connectivity index (χ3v) is 11.9. The molecule has 8 rings (SSSR count). The molecule has 0 aliphatic carbocycles. The number of hydrogen-bond acceptors (Lipinski definition) is 14. The number of hydrazone groups is 2. The van der Waals surface area contributed by atoms with Crippen molar-refractivity contribution in [2.45, 2.75) is 13.8 Å². The molecule has 4 heterocycles. The zero-order chi connectivity index (χ0) is 38.1. The molecule has 12 nitrogen and oxygen atoms in total. The molecule has 272 valence electrons. The molecule has 0 atom stereocenters. The normalized spacial score (nSPS) is 12.0. The molecular formula is C40H28N6O6S2Se. The summed E-state index contributed by atoms with van der Waals surface area (Å²) in [5.74, 6) is 0.313. The van der Waals surface area contributed by atoms with Gasteiger partial charge in [0.1, 0.15) is 11.5 Å². The first-order valence-corrected chi connectivity index (χ1v) is 20.1. The summed E-state index contributed by atoms with van der Waals surface area (Å²) in [4.78, 5) is 34.9. The Balaban J connectivity index is 0.987. The van der Waals surface area contributed by atoms with E-state index in [0.29, 0.717) is 55.4 Å². The second kappa shape index (κ2) is 15.2. The Kier molecular flexibility index (Phi) is 9.82. The molecule has 4 N–H and O–H groups in total. The third-order valence-electron chi connectivity index (χ3n) is 8.35. The van der Waals surface area contributed by atoms with Crippen molar-refractivity contribution < 1.29 is 19.0 Å². The van der Waals surface area contributed by atoms with Crippen LogP contribution < -0.4 is 31.0 Å². The Hall–Kier alpha value is -6.38. The summed E-state index contributed by atoms with van der Waals surface area (Å²) in [5.41, 5.74) is 10.2. The van der Waals surface area contributed by atoms with Gasteiger partial charge in [0.15, 0.2) is 0 Å². The van der Waals surface area contributed by atoms with E-state index in [-0.39, 0.29) is 26.5 Å². The Bertz CT molecular complexity index is 2740. The van der Waals surface area contributed by atoms with Crippen molar-refractivity contribution in [1.82, 2.24) is 9.97 Å². The van der Waals surface area contributed by atoms with Crippen molar-refractivity contribution in [2.75, 3.05) is 10.9 Å². The molecule has 0 saturated heterocycles. The fourth-order valence-corrected chi connectivity index (χ4v) is 8.85. The number of benzene rings is 4. The summed E-state index contributed by atoms with van der Waals surface area (Å²) < 4.78 is 13.4. The van der Waals surface area contributed by atoms with Crippen LogP contribution in [0.3, 0.4) is 0 Å². The van der Waals surface area contributed by atoms with Crippen molar-refractivity contribution >= 4 is 90.2 Å². The average molecular weight is 832 g/mol. The number of hydrogen-bond donors (Lipinski definition) is 4. The maximum absolute atomic E-state index is 12.9. The van der Waals surface area contributed by atoms with E-state index in [1.165, 1.54) is 22.7 Å². The van der Waals surface area contributed by atoms with Crippen molar-refractivity contribution in [2.24, 2.45) is 10.2 Å². The number of nitrogens with one attached hydrogen (secondary N) is 2. The Morgan fingerprint density at radius 3 is 1.53 bits per heavy atom. The minimum atomic E-state index is -0.501. The number of fused-ring (bicyclic) bond motifs is 2. The molecule has 15 heteroatoms. The van der Waals surface area contributed by atoms with Crippen molar-refractivity contribution in [1.29, 1.82) is 0 Å². The summed E-state index contributed by atoms with van der Waals surface area (Å²) in [6.07, 6.45) is 0. The Labute approximate surface area is 326 Å². The van der Waals surface area contributed by atoms with Gasteiger partial charge in [0.05, 0.1) is 0 Å². The first-order valence-electron chi connectivity index (χ1n) is 16.6. The molecule has 4 aromatic carbocycles. The van der Waals surface area contributed by atoms with Gasteiger partial charge in [-0.25, -0.2) is 0 Å². The number of anilines is 2. The zero-order valence-corrected chi connectivity index (χ0v) is 32.3. The summed E-state index contributed by atoms with van der Waals surface area (Å²) in [6, 6.07) is 28.7. The maximum atomic E-state index is 12.9. The van der Waals surface area contributed by atoms with Gasteiger partial charge in [-0.05, 0) is 24.3 Å². The van der Waals surface area contributed by atoms with Gasteiger partial charge in [0.2, 0.25) is 0 Å². The summed E-state index contributed by atoms with van der Waals surface area (Å²) in [6.45, 7) is 3.45. The SMILES string of the molecule is CC(=NNc1nc(-c2cccc(O)c2)cs1)c1cc2cc([Se]c3ccc4oc(=O)c(C(C)=NNc5nc(-c6cccc(O)c6)cs5)cc4c3)ccc2oc1=O. The van der Waals surface area contributed by atoms with E-state index in [0.717, 1.165) is 30.8 Å². The summed E-state index contributed by atoms with van der Waals surface area (Å²) >= 11 is 2.57. The summed E-state index contributed by atoms with van der Waals surface area (Å²) in [7, 11) is 0. The zero-order valence-electron chi connectivity index (χ0n) is 28.9. The average Bonchev–Trinajstić information content (AvgIpc) is 3.86. The van der Waals surface area contributed by atoms with Gasteiger partial charge in [0, 0.05) is 0 Å². The predicted molar refractivity (Wildman–Crippen MR) is 220 cm³/mol. The van der Waals surface area contributed by atoms with Crippen LogP contribution in [0, 0.1) is 0 Å². The second-order valence-corrected chi connectivity index (χ2v) is 16.3. The summed E-state index contributed by atoms with van der Waals surface area (Å²) in [5, 5.41) is 34.7. The van der Waals surface area contributed by atoms with Gasteiger partial charge in [0.25, 0.3) is 0 Å². The molecule has 0 saturated carbocycles. The van der Waals surface area contributed by atoms with Crippen LogP contribution in [0.4, 0.5) is 10.3 Å². The molecule has 0 aliphatic heterocycles. The van der Waals surface area contributed by atoms with Crippen molar-refractivity contribution in [3.63, 3.8) is 0 Å². The quantitative estimate of drug-likeness (QED) is 0.0492. The molecule has 0 amide bonds. The van der Waals surface area contributed by atoms with Gasteiger partial charge in [-0.2, -0.15) is 0 Å². The van der Waals surface area contributed by atoms with E-state index >= 15 is 0 Å². The molecule has 4 aromatic heterocycles. The number of thiazole rings is 2. The number of aromatic hydroxyl groups is 2. The number of phenols is 2. The monoisotopic (exact) mass is 832 g/mol. The first-order chi connectivity index (χ1) is 26.6. The number of nitrogens with zero attached hydrogens (tertiary/aromatic N) is 4. The van der Waals surface area contributed by atoms with Crippen LogP contribution in [-0.4, -0.2) is 46.6 Å². The topological polar surface area (TPSA) is 175 Å². The Morgan fingerprint density at radius 2 is 1.09 bits per heavy atom. The van der Waals surface area contributed by atoms with Gasteiger partial charge in [-0.1, -0.05) is 24.3 Å². The first kappa shape index (κ1) is 35.6. The Morgan fingerprint density at radius 1 is 0.636 bits per heavy atom. The molecule has 0 spiro atoms. The molecule has 55 heavy (non-hydrogen) atoms. The van der Waals surface area contributed by atoms with Crippen molar-refractivity contribution in [3.8, 4) is 34.0 Å². The predicted octanol–water partition coefficient (Wildman–Crippen LogP) is 6.88. The van der Waals surface area contributed by atoms with Crippen LogP contribution in [0.15, 0.2) is 136 Å². The van der Waals surface area contributed by atoms with E-state index in [2.05, 4.69) is 31.0 Å². The van der Waals surface area contributed by atoms with Crippen LogP contribution in [0.25, 0.3) is 44.5 Å². The standard InChI is InChI=1S/C40H28N6O6S2Se/c1-21(43-45-39-41-33(19-53-39)23-5-3-7-27(47)13-23)31-17-25-15-29(9-11-35(25)51-37(31)49)55-30-10-12-36-26(16-30)18-32(38(50)52-36)22(2)44-46-40-42-34(20-54-40)24-6-4-8-28(48)14-24/h3-20,47-48H,1-2H3,(H,41,45)(H,42,46). The van der Waals surface area contributed by atoms with Crippen LogP contribution in [0.1, 0.15) is 25.0 Å². The van der Waals surface area contributed by atoms with Crippen LogP contribution in [0.5, 0.6) is 11.5 Å². The van der Waals surface area contributed by atoms with Gasteiger partial charge < -0.3 is 10.2 Å². The van der Waals surface area contributed by atoms with E-state index in [9.17, 15) is 19.8 Å². The van der Waals surface area contributed by atoms with E-state index < -0.39 is 11.3 Å². The van der Waals surface area contributed by atoms with Gasteiger partial charge in [-0.15, -0.1) is 0 Å². The second-order valence-electron chi connectivity index (χ2n) is 12.2. The molecule has 0 fully saturated rings. The van der Waals surface area contributed by atoms with Crippen molar-refractivity contribution in [3.05, 3.63) is 140 Å². The fraction of sp³-hybridized carbons (Fsp3) is 0.0500. The fourth-order valence-electron chi connectivity index (χ4n) is 5.60. The number of aromatic nitrogens is 2. The molecule has 8 aromatic rings. The molecule has 0 bridgehead atoms. The van der Waals surface area contributed by atoms with E-state index in [4.69, 9.17) is 8.83 Å². The van der Waals surface area contributed by atoms with E-state index in [1.54, 1.807) is 74.5 Å². The minimum absolute atomic E-state index is 0.138. The number of rotatable bonds is 10. The molecular weight excluding hydrogens is 804 g/mol. The molecule has 0 unspecified atom stereocenters. The van der Waals surface area contributed by atoms with Crippen LogP contribution in [0.2, 0.25) is 0 Å².